The van der Waals surface area contributed by atoms with Crippen LogP contribution in [0.25, 0.3) is 21.5 Å². The number of fused-ring (bicyclic) bond motifs is 6. The molecule has 389 valence electrons. The molecule has 5 N–H and O–H groups in total. The maximum Gasteiger partial charge on any atom is 0.524 e. The Bertz CT molecular complexity index is 3110. The van der Waals surface area contributed by atoms with Gasteiger partial charge in [-0.1, -0.05) is 74.0 Å². The van der Waals surface area contributed by atoms with E-state index in [1.165, 1.54) is 11.0 Å². The molecule has 17 nitrogen and oxygen atoms in total. The van der Waals surface area contributed by atoms with E-state index in [2.05, 4.69) is 16.0 Å². The van der Waals surface area contributed by atoms with Crippen LogP contribution >= 0.6 is 31.0 Å². The van der Waals surface area contributed by atoms with Crippen molar-refractivity contribution < 1.29 is 85.1 Å². The zero-order chi connectivity index (χ0) is 52.1. The van der Waals surface area contributed by atoms with Gasteiger partial charge in [-0.2, -0.15) is 0 Å². The topological polar surface area (TPSA) is 232 Å². The first kappa shape index (κ1) is 54.7. The molecule has 4 fully saturated rings. The summed E-state index contributed by atoms with van der Waals surface area (Å²) in [6.07, 6.45) is 3.12. The van der Waals surface area contributed by atoms with Gasteiger partial charge in [0.15, 0.2) is 0 Å². The second-order valence-corrected chi connectivity index (χ2v) is 23.4. The minimum Gasteiger partial charge on any atom is -0.779 e. The van der Waals surface area contributed by atoms with Crippen molar-refractivity contribution in [1.82, 2.24) is 15.5 Å². The molecule has 0 aromatic heterocycles. The number of benzene rings is 4. The summed E-state index contributed by atoms with van der Waals surface area (Å²) in [6, 6.07) is 15.9. The Labute approximate surface area is 468 Å². The molecule has 3 aliphatic heterocycles. The molecule has 8 unspecified atom stereocenters. The summed E-state index contributed by atoms with van der Waals surface area (Å²) in [5.74, 6) is -2.71. The summed E-state index contributed by atoms with van der Waals surface area (Å²) in [6.45, 7) is 5.94. The molecule has 4 aromatic rings. The largest absolute Gasteiger partial charge is 0.779 e. The Kier molecular flexibility index (Phi) is 15.0. The number of phosphoric acid groups is 1. The van der Waals surface area contributed by atoms with Gasteiger partial charge in [0.25, 0.3) is 0 Å². The molecule has 0 bridgehead atoms. The van der Waals surface area contributed by atoms with Crippen LogP contribution in [0.1, 0.15) is 95.1 Å². The molecule has 74 heavy (non-hydrogen) atoms. The molecule has 1 spiro atoms. The van der Waals surface area contributed by atoms with Crippen LogP contribution in [-0.2, 0) is 83.5 Å². The van der Waals surface area contributed by atoms with Crippen molar-refractivity contribution in [2.24, 2.45) is 22.2 Å². The number of carbonyl (C=O) groups is 7. The summed E-state index contributed by atoms with van der Waals surface area (Å²) in [5, 5.41) is 10.5. The van der Waals surface area contributed by atoms with Crippen LogP contribution < -0.4 is 30.3 Å². The molecule has 1 radical (unpaired) electrons. The van der Waals surface area contributed by atoms with E-state index in [4.69, 9.17) is 40.4 Å². The van der Waals surface area contributed by atoms with Crippen LogP contribution in [0.15, 0.2) is 60.7 Å². The molecule has 7 amide bonds. The van der Waals surface area contributed by atoms with E-state index < -0.39 is 53.2 Å². The molecule has 3 aliphatic carbocycles. The fourth-order valence-corrected chi connectivity index (χ4v) is 13.9. The summed E-state index contributed by atoms with van der Waals surface area (Å²) in [7, 11) is -4.96. The van der Waals surface area contributed by atoms with Crippen molar-refractivity contribution in [3.63, 3.8) is 0 Å². The van der Waals surface area contributed by atoms with E-state index in [0.29, 0.717) is 78.3 Å². The van der Waals surface area contributed by atoms with Gasteiger partial charge >= 0.3 is 7.82 Å². The van der Waals surface area contributed by atoms with Crippen molar-refractivity contribution >= 4 is 124 Å². The average molecular weight is 1160 g/mol. The van der Waals surface area contributed by atoms with Crippen molar-refractivity contribution in [1.29, 1.82) is 0 Å². The van der Waals surface area contributed by atoms with E-state index in [-0.39, 0.29) is 123 Å². The van der Waals surface area contributed by atoms with Crippen LogP contribution in [-0.4, -0.2) is 105 Å². The second-order valence-electron chi connectivity index (χ2n) is 21.0. The monoisotopic (exact) mass is 1160 g/mol. The van der Waals surface area contributed by atoms with Gasteiger partial charge in [0.1, 0.15) is 17.8 Å². The van der Waals surface area contributed by atoms with E-state index in [1.54, 1.807) is 48.8 Å². The first-order valence-corrected chi connectivity index (χ1v) is 27.8. The first-order chi connectivity index (χ1) is 34.7. The summed E-state index contributed by atoms with van der Waals surface area (Å²) in [4.78, 5) is 119. The third-order valence-corrected chi connectivity index (χ3v) is 17.9. The molecule has 22 heteroatoms. The van der Waals surface area contributed by atoms with Gasteiger partial charge in [-0.25, -0.2) is 4.57 Å². The predicted molar refractivity (Wildman–Crippen MR) is 277 cm³/mol. The maximum absolute atomic E-state index is 15.1. The van der Waals surface area contributed by atoms with Gasteiger partial charge in [0, 0.05) is 117 Å². The Morgan fingerprint density at radius 2 is 1.34 bits per heavy atom. The number of phosphoric ester groups is 1. The van der Waals surface area contributed by atoms with Crippen LogP contribution in [0.4, 0.5) is 17.1 Å². The number of unbranched alkanes of at least 4 members (excludes halogenated alkanes) is 2. The molecule has 8 atom stereocenters. The van der Waals surface area contributed by atoms with Crippen LogP contribution in [0.3, 0.4) is 0 Å². The van der Waals surface area contributed by atoms with Crippen molar-refractivity contribution in [2.75, 3.05) is 46.5 Å². The summed E-state index contributed by atoms with van der Waals surface area (Å²) >= 11 is 18.2. The minimum absolute atomic E-state index is 0. The van der Waals surface area contributed by atoms with Crippen molar-refractivity contribution in [3.8, 4) is 5.75 Å². The quantitative estimate of drug-likeness (QED) is 0.0237. The Morgan fingerprint density at radius 1 is 0.784 bits per heavy atom. The number of nitrogens with zero attached hydrogens (tertiary/aromatic N) is 3. The predicted octanol–water partition coefficient (Wildman–Crippen LogP) is 6.49. The second kappa shape index (κ2) is 20.3. The van der Waals surface area contributed by atoms with Crippen LogP contribution in [0, 0.1) is 22.2 Å². The van der Waals surface area contributed by atoms with E-state index >= 15 is 4.79 Å². The summed E-state index contributed by atoms with van der Waals surface area (Å²) < 4.78 is 17.2. The standard InChI is InChI=1S/C52H57Cl2N6O11PS.Y/c1-27(2)44(57-40(61)15-5-4-10-16-58-41(62)19-39(73)47(58)65)46(64)55-28(3)45(63)56-35-17-36-42(33-13-8-6-11-31(33)35)29(20-53)22-59(36)48(66)50-24-51(26-52(50,51)25-50)49(67)60-23-30(21-54)43-34-14-9-7-12-32(34)38(18-37(43)60)71-72(68,69)70;/h6-9,11-14,17-18,27-30,39,44,73H,4-5,10,15-16,19-26H2,1-3H3,(H,55,64)(H,56,63)(H,57,61)(H2,68,69,70);/p-1. The molecular formula is C52H56Cl2N6O11PSY-. The van der Waals surface area contributed by atoms with Gasteiger partial charge in [0.2, 0.25) is 41.4 Å². The number of imide groups is 1. The van der Waals surface area contributed by atoms with E-state index in [9.17, 15) is 43.1 Å². The first-order valence-electron chi connectivity index (χ1n) is 24.7. The zero-order valence-corrected chi connectivity index (χ0v) is 47.1. The van der Waals surface area contributed by atoms with Crippen molar-refractivity contribution in [2.45, 2.75) is 101 Å². The minimum atomic E-state index is -4.96. The SMILES string of the molecule is CC(NC(=O)C(NC(=O)CCCCCN1C(=O)CC([S-])C1=O)C(C)C)C(=O)Nc1cc2c(c3ccccc13)C(CCl)CN2C(=O)C12CC3(C(=O)N4CC(CCl)c5c4cc(OP(=O)(O)O)c4ccccc54)CC13C2.[Y]. The number of anilines is 3. The van der Waals surface area contributed by atoms with Gasteiger partial charge < -0.3 is 42.9 Å². The number of amides is 7. The van der Waals surface area contributed by atoms with Gasteiger partial charge in [0.05, 0.1) is 22.2 Å². The number of hydrogen-bond donors (Lipinski definition) is 5. The Morgan fingerprint density at radius 3 is 1.86 bits per heavy atom. The third-order valence-electron chi connectivity index (χ3n) is 16.4. The Hall–Kier alpha value is -4.13. The fraction of sp³-hybridized carbons (Fsp3) is 0.481. The molecular weight excluding hydrogens is 1110 g/mol. The number of rotatable bonds is 18. The summed E-state index contributed by atoms with van der Waals surface area (Å²) in [5.41, 5.74) is 1.08. The van der Waals surface area contributed by atoms with Gasteiger partial charge in [-0.05, 0) is 72.9 Å². The smallest absolute Gasteiger partial charge is 0.524 e. The van der Waals surface area contributed by atoms with Crippen molar-refractivity contribution in [3.05, 3.63) is 71.8 Å². The van der Waals surface area contributed by atoms with Crippen LogP contribution in [0.5, 0.6) is 5.75 Å². The molecule has 6 aliphatic rings. The normalized spacial score (nSPS) is 25.9. The number of alkyl halides is 2. The molecule has 3 saturated carbocycles. The number of carbonyl (C=O) groups excluding carboxylic acids is 7. The van der Waals surface area contributed by atoms with Crippen LogP contribution in [0.2, 0.25) is 0 Å². The third kappa shape index (κ3) is 9.08. The number of nitrogens with one attached hydrogen (secondary N) is 3. The van der Waals surface area contributed by atoms with E-state index in [0.717, 1.165) is 16.5 Å². The molecule has 1 saturated heterocycles. The molecule has 4 aromatic carbocycles. The van der Waals surface area contributed by atoms with Gasteiger partial charge in [-0.15, -0.1) is 23.2 Å². The number of likely N-dealkylation sites (tertiary alicyclic amines) is 1. The number of hydrogen-bond acceptors (Lipinski definition) is 10. The molecule has 10 rings (SSSR count). The zero-order valence-electron chi connectivity index (χ0n) is 41.0. The fourth-order valence-electron chi connectivity index (χ4n) is 12.7. The average Bonchev–Trinajstić information content (AvgIpc) is 3.84. The van der Waals surface area contributed by atoms with E-state index in [1.807, 2.05) is 36.4 Å². The number of halogens is 2. The Balaban J connectivity index is 0.00000672. The van der Waals surface area contributed by atoms with Gasteiger partial charge in [-0.3, -0.25) is 48.2 Å². The maximum atomic E-state index is 15.1. The molecule has 3 heterocycles.